The summed E-state index contributed by atoms with van der Waals surface area (Å²) in [5.74, 6) is -1.05. The van der Waals surface area contributed by atoms with E-state index in [0.717, 1.165) is 8.28 Å². The van der Waals surface area contributed by atoms with Crippen LogP contribution in [0.25, 0.3) is 17.0 Å². The number of amides is 2. The quantitative estimate of drug-likeness (QED) is 0.475. The lowest BCUT2D eigenvalue weighted by Gasteiger charge is -2.13. The number of halogens is 1. The normalized spacial score (nSPS) is 12.2. The molecule has 0 atom stereocenters. The van der Waals surface area contributed by atoms with Crippen LogP contribution in [0.3, 0.4) is 0 Å². The van der Waals surface area contributed by atoms with E-state index >= 15 is 0 Å². The van der Waals surface area contributed by atoms with Gasteiger partial charge in [-0.05, 0) is 30.7 Å². The summed E-state index contributed by atoms with van der Waals surface area (Å²) in [5, 5.41) is 6.22. The molecule has 3 aromatic rings. The Balaban J connectivity index is 2.12. The molecule has 1 heterocycles. The minimum atomic E-state index is -3.81. The highest BCUT2D eigenvalue weighted by Crippen LogP contribution is 2.26. The Hall–Kier alpha value is -3.14. The van der Waals surface area contributed by atoms with Crippen molar-refractivity contribution < 1.29 is 18.0 Å². The predicted octanol–water partition coefficient (Wildman–Crippen LogP) is 3.25. The summed E-state index contributed by atoms with van der Waals surface area (Å²) >= 11 is 6.13. The van der Waals surface area contributed by atoms with E-state index in [1.54, 1.807) is 48.5 Å². The zero-order chi connectivity index (χ0) is 24.2. The van der Waals surface area contributed by atoms with Crippen LogP contribution in [0.4, 0.5) is 0 Å². The molecule has 0 saturated heterocycles. The summed E-state index contributed by atoms with van der Waals surface area (Å²) in [4.78, 5) is 25.7. The van der Waals surface area contributed by atoms with E-state index in [0.29, 0.717) is 29.4 Å². The molecule has 0 bridgehead atoms. The van der Waals surface area contributed by atoms with Gasteiger partial charge < -0.3 is 10.6 Å². The first-order valence-electron chi connectivity index (χ1n) is 10.3. The Labute approximate surface area is 198 Å². The Morgan fingerprint density at radius 1 is 1.09 bits per heavy atom. The lowest BCUT2D eigenvalue weighted by Crippen LogP contribution is -2.35. The maximum absolute atomic E-state index is 12.8. The zero-order valence-electron chi connectivity index (χ0n) is 18.5. The first-order valence-corrected chi connectivity index (χ1v) is 12.0. The van der Waals surface area contributed by atoms with Crippen LogP contribution < -0.4 is 10.6 Å². The van der Waals surface area contributed by atoms with Crippen molar-refractivity contribution in [3.8, 4) is 0 Å². The van der Waals surface area contributed by atoms with Crippen molar-refractivity contribution in [1.82, 2.24) is 18.9 Å². The number of nitrogens with one attached hydrogen (secondary N) is 2. The second-order valence-electron chi connectivity index (χ2n) is 7.44. The molecule has 0 fully saturated rings. The molecule has 174 valence electrons. The van der Waals surface area contributed by atoms with E-state index in [1.807, 2.05) is 6.92 Å². The summed E-state index contributed by atoms with van der Waals surface area (Å²) in [6.45, 7) is 2.32. The van der Waals surface area contributed by atoms with Gasteiger partial charge in [-0.2, -0.15) is 12.7 Å². The van der Waals surface area contributed by atoms with Gasteiger partial charge in [0.05, 0.1) is 16.1 Å². The van der Waals surface area contributed by atoms with E-state index in [9.17, 15) is 18.0 Å². The molecular formula is C23H25ClN4O4S. The molecule has 8 nitrogen and oxygen atoms in total. The van der Waals surface area contributed by atoms with Gasteiger partial charge in [-0.1, -0.05) is 48.9 Å². The Morgan fingerprint density at radius 3 is 2.42 bits per heavy atom. The molecule has 0 aliphatic carbocycles. The summed E-state index contributed by atoms with van der Waals surface area (Å²) in [6, 6.07) is 13.4. The molecule has 0 aliphatic heterocycles. The van der Waals surface area contributed by atoms with Crippen LogP contribution in [0.5, 0.6) is 0 Å². The van der Waals surface area contributed by atoms with Crippen LogP contribution >= 0.6 is 11.6 Å². The SMILES string of the molecule is CCCNC(=O)/C(=C/c1cn(S(=O)(=O)N(C)C)c2ccccc12)NC(=O)c1ccccc1Cl. The Bertz CT molecular complexity index is 1330. The molecule has 2 amide bonds. The monoisotopic (exact) mass is 488 g/mol. The van der Waals surface area contributed by atoms with Gasteiger partial charge in [0.15, 0.2) is 0 Å². The van der Waals surface area contributed by atoms with E-state index < -0.39 is 22.0 Å². The van der Waals surface area contributed by atoms with Crippen LogP contribution in [0, 0.1) is 0 Å². The second-order valence-corrected chi connectivity index (χ2v) is 9.86. The third-order valence-electron chi connectivity index (χ3n) is 4.87. The van der Waals surface area contributed by atoms with E-state index in [2.05, 4.69) is 10.6 Å². The highest BCUT2D eigenvalue weighted by atomic mass is 35.5. The number of para-hydroxylation sites is 1. The van der Waals surface area contributed by atoms with Crippen molar-refractivity contribution in [2.75, 3.05) is 20.6 Å². The number of benzene rings is 2. The molecule has 1 aromatic heterocycles. The third kappa shape index (κ3) is 5.27. The van der Waals surface area contributed by atoms with Crippen molar-refractivity contribution in [3.63, 3.8) is 0 Å². The standard InChI is InChI=1S/C23H25ClN4O4S/c1-4-13-25-23(30)20(26-22(29)18-10-5-7-11-19(18)24)14-16-15-28(33(31,32)27(2)3)21-12-8-6-9-17(16)21/h5-12,14-15H,4,13H2,1-3H3,(H,25,30)(H,26,29)/b20-14-. The van der Waals surface area contributed by atoms with Gasteiger partial charge >= 0.3 is 10.2 Å². The maximum atomic E-state index is 12.8. The molecule has 0 radical (unpaired) electrons. The number of aromatic nitrogens is 1. The number of fused-ring (bicyclic) bond motifs is 1. The molecule has 2 aromatic carbocycles. The van der Waals surface area contributed by atoms with E-state index in [4.69, 9.17) is 11.6 Å². The molecule has 33 heavy (non-hydrogen) atoms. The molecule has 0 saturated carbocycles. The number of hydrogen-bond donors (Lipinski definition) is 2. The largest absolute Gasteiger partial charge is 0.351 e. The molecule has 0 spiro atoms. The van der Waals surface area contributed by atoms with Gasteiger partial charge in [-0.3, -0.25) is 9.59 Å². The number of carbonyl (C=O) groups excluding carboxylic acids is 2. The maximum Gasteiger partial charge on any atom is 0.307 e. The summed E-state index contributed by atoms with van der Waals surface area (Å²) in [7, 11) is -0.934. The van der Waals surface area contributed by atoms with Gasteiger partial charge in [0.2, 0.25) is 0 Å². The first-order chi connectivity index (χ1) is 15.7. The van der Waals surface area contributed by atoms with Crippen LogP contribution in [0.2, 0.25) is 5.02 Å². The number of nitrogens with zero attached hydrogens (tertiary/aromatic N) is 2. The third-order valence-corrected chi connectivity index (χ3v) is 6.92. The zero-order valence-corrected chi connectivity index (χ0v) is 20.1. The van der Waals surface area contributed by atoms with Gasteiger partial charge in [0.25, 0.3) is 11.8 Å². The predicted molar refractivity (Wildman–Crippen MR) is 130 cm³/mol. The molecular weight excluding hydrogens is 464 g/mol. The molecule has 2 N–H and O–H groups in total. The van der Waals surface area contributed by atoms with Gasteiger partial charge in [-0.15, -0.1) is 0 Å². The van der Waals surface area contributed by atoms with Crippen LogP contribution in [-0.4, -0.2) is 49.1 Å². The minimum Gasteiger partial charge on any atom is -0.351 e. The smallest absolute Gasteiger partial charge is 0.307 e. The van der Waals surface area contributed by atoms with Crippen LogP contribution in [0.1, 0.15) is 29.3 Å². The average Bonchev–Trinajstić information content (AvgIpc) is 3.16. The summed E-state index contributed by atoms with van der Waals surface area (Å²) in [6.07, 6.45) is 3.59. The number of hydrogen-bond acceptors (Lipinski definition) is 4. The molecule has 0 aliphatic rings. The van der Waals surface area contributed by atoms with Crippen LogP contribution in [-0.2, 0) is 15.0 Å². The van der Waals surface area contributed by atoms with Gasteiger partial charge in [-0.25, -0.2) is 3.97 Å². The number of carbonyl (C=O) groups is 2. The Morgan fingerprint density at radius 2 is 1.76 bits per heavy atom. The molecule has 3 rings (SSSR count). The minimum absolute atomic E-state index is 0.0291. The second kappa shape index (κ2) is 10.2. The highest BCUT2D eigenvalue weighted by Gasteiger charge is 2.22. The fourth-order valence-electron chi connectivity index (χ4n) is 3.14. The molecule has 10 heteroatoms. The summed E-state index contributed by atoms with van der Waals surface area (Å²) in [5.41, 5.74) is 1.09. The van der Waals surface area contributed by atoms with Crippen molar-refractivity contribution in [1.29, 1.82) is 0 Å². The lowest BCUT2D eigenvalue weighted by molar-refractivity contribution is -0.117. The van der Waals surface area contributed by atoms with E-state index in [1.165, 1.54) is 26.4 Å². The fraction of sp³-hybridized carbons (Fsp3) is 0.217. The fourth-order valence-corrected chi connectivity index (χ4v) is 4.37. The van der Waals surface area contributed by atoms with Crippen LogP contribution in [0.15, 0.2) is 60.4 Å². The average molecular weight is 489 g/mol. The number of rotatable bonds is 8. The van der Waals surface area contributed by atoms with Crippen molar-refractivity contribution in [2.45, 2.75) is 13.3 Å². The van der Waals surface area contributed by atoms with Crippen molar-refractivity contribution >= 4 is 50.6 Å². The lowest BCUT2D eigenvalue weighted by atomic mass is 10.1. The highest BCUT2D eigenvalue weighted by molar-refractivity contribution is 7.87. The first kappa shape index (κ1) is 24.5. The van der Waals surface area contributed by atoms with Crippen molar-refractivity contribution in [3.05, 3.63) is 76.6 Å². The summed E-state index contributed by atoms with van der Waals surface area (Å²) < 4.78 is 27.9. The Kier molecular flexibility index (Phi) is 7.57. The topological polar surface area (TPSA) is 101 Å². The van der Waals surface area contributed by atoms with E-state index in [-0.39, 0.29) is 16.3 Å². The van der Waals surface area contributed by atoms with Gasteiger partial charge in [0.1, 0.15) is 5.70 Å². The molecule has 0 unspecified atom stereocenters. The van der Waals surface area contributed by atoms with Crippen molar-refractivity contribution in [2.24, 2.45) is 0 Å². The van der Waals surface area contributed by atoms with Gasteiger partial charge in [0, 0.05) is 37.8 Å².